The normalized spacial score (nSPS) is 25.3. The van der Waals surface area contributed by atoms with Gasteiger partial charge in [-0.2, -0.15) is 0 Å². The van der Waals surface area contributed by atoms with E-state index in [9.17, 15) is 4.79 Å². The van der Waals surface area contributed by atoms with Gasteiger partial charge in [-0.15, -0.1) is 0 Å². The quantitative estimate of drug-likeness (QED) is 0.735. The molecule has 32 heavy (non-hydrogen) atoms. The zero-order chi connectivity index (χ0) is 22.3. The molecule has 170 valence electrons. The van der Waals surface area contributed by atoms with E-state index in [0.29, 0.717) is 18.5 Å². The number of hydrogen-bond donors (Lipinski definition) is 0. The molecule has 2 aromatic heterocycles. The predicted octanol–water partition coefficient (Wildman–Crippen LogP) is 3.55. The van der Waals surface area contributed by atoms with Crippen LogP contribution in [0, 0.1) is 0 Å². The Bertz CT molecular complexity index is 951. The Morgan fingerprint density at radius 1 is 0.938 bits per heavy atom. The number of rotatable bonds is 3. The summed E-state index contributed by atoms with van der Waals surface area (Å²) in [6, 6.07) is 8.55. The Hall–Kier alpha value is -2.67. The van der Waals surface area contributed by atoms with Crippen molar-refractivity contribution in [2.75, 3.05) is 50.7 Å². The molecule has 0 radical (unpaired) electrons. The highest BCUT2D eigenvalue weighted by molar-refractivity contribution is 5.68. The minimum atomic E-state index is -0.466. The molecular formula is C25H33N5O2. The van der Waals surface area contributed by atoms with E-state index in [1.165, 1.54) is 38.0 Å². The van der Waals surface area contributed by atoms with Crippen molar-refractivity contribution in [2.24, 2.45) is 0 Å². The van der Waals surface area contributed by atoms with Gasteiger partial charge in [0.05, 0.1) is 5.69 Å². The minimum absolute atomic E-state index is 0.238. The Morgan fingerprint density at radius 3 is 2.22 bits per heavy atom. The summed E-state index contributed by atoms with van der Waals surface area (Å²) in [6.07, 6.45) is 6.26. The summed E-state index contributed by atoms with van der Waals surface area (Å²) in [5.41, 5.74) is 3.24. The highest BCUT2D eigenvalue weighted by atomic mass is 16.6. The predicted molar refractivity (Wildman–Crippen MR) is 125 cm³/mol. The van der Waals surface area contributed by atoms with Crippen LogP contribution in [0.2, 0.25) is 0 Å². The highest BCUT2D eigenvalue weighted by Crippen LogP contribution is 2.43. The number of hydrogen-bond acceptors (Lipinski definition) is 6. The van der Waals surface area contributed by atoms with Gasteiger partial charge >= 0.3 is 6.09 Å². The Labute approximate surface area is 190 Å². The number of piperazine rings is 1. The van der Waals surface area contributed by atoms with E-state index in [4.69, 9.17) is 9.72 Å². The molecule has 0 saturated carbocycles. The van der Waals surface area contributed by atoms with Gasteiger partial charge in [0.15, 0.2) is 0 Å². The van der Waals surface area contributed by atoms with Crippen LogP contribution < -0.4 is 4.90 Å². The number of carbonyl (C=O) groups excluding carboxylic acids is 1. The number of pyridine rings is 2. The standard InChI is InChI=1S/C25H33N5O2/c1-24(2,3)32-23(31)30-14-12-29(13-15-30)22-7-4-19(16-27-22)21-6-5-20(17-26-21)25-8-10-28(18-25)11-9-25/h4-7,16-17H,8-15,18H2,1-3H3. The second-order valence-corrected chi connectivity index (χ2v) is 10.3. The van der Waals surface area contributed by atoms with Crippen molar-refractivity contribution in [3.05, 3.63) is 42.2 Å². The molecule has 0 N–H and O–H groups in total. The SMILES string of the molecule is CC(C)(C)OC(=O)N1CCN(c2ccc(-c3ccc(C45CCN(CC4)C5)cn3)cn2)CC1. The molecule has 0 aromatic carbocycles. The summed E-state index contributed by atoms with van der Waals surface area (Å²) in [5, 5.41) is 0. The summed E-state index contributed by atoms with van der Waals surface area (Å²) in [5.74, 6) is 0.935. The number of fused-ring (bicyclic) bond motifs is 2. The number of aromatic nitrogens is 2. The molecule has 0 aliphatic carbocycles. The van der Waals surface area contributed by atoms with Crippen molar-refractivity contribution in [1.82, 2.24) is 19.8 Å². The van der Waals surface area contributed by atoms with E-state index < -0.39 is 5.60 Å². The third kappa shape index (κ3) is 4.18. The van der Waals surface area contributed by atoms with Crippen molar-refractivity contribution in [1.29, 1.82) is 0 Å². The largest absolute Gasteiger partial charge is 0.444 e. The van der Waals surface area contributed by atoms with E-state index in [-0.39, 0.29) is 6.09 Å². The van der Waals surface area contributed by atoms with Crippen molar-refractivity contribution in [2.45, 2.75) is 44.6 Å². The maximum absolute atomic E-state index is 12.3. The maximum Gasteiger partial charge on any atom is 0.410 e. The van der Waals surface area contributed by atoms with Crippen molar-refractivity contribution < 1.29 is 9.53 Å². The van der Waals surface area contributed by atoms with E-state index in [2.05, 4.69) is 45.2 Å². The topological polar surface area (TPSA) is 61.8 Å². The highest BCUT2D eigenvalue weighted by Gasteiger charge is 2.44. The molecule has 1 amide bonds. The van der Waals surface area contributed by atoms with Crippen LogP contribution in [0.15, 0.2) is 36.7 Å². The van der Waals surface area contributed by atoms with Crippen molar-refractivity contribution >= 4 is 11.9 Å². The number of nitrogens with zero attached hydrogens (tertiary/aromatic N) is 5. The summed E-state index contributed by atoms with van der Waals surface area (Å²) in [6.45, 7) is 12.1. The molecule has 0 spiro atoms. The van der Waals surface area contributed by atoms with Gasteiger partial charge < -0.3 is 19.4 Å². The third-order valence-corrected chi connectivity index (χ3v) is 7.01. The van der Waals surface area contributed by atoms with Gasteiger partial charge in [0.25, 0.3) is 0 Å². The molecule has 3 saturated heterocycles. The van der Waals surface area contributed by atoms with Crippen LogP contribution >= 0.6 is 0 Å². The zero-order valence-corrected chi connectivity index (χ0v) is 19.4. The first-order valence-electron chi connectivity index (χ1n) is 11.7. The minimum Gasteiger partial charge on any atom is -0.444 e. The smallest absolute Gasteiger partial charge is 0.410 e. The fraction of sp³-hybridized carbons (Fsp3) is 0.560. The Morgan fingerprint density at radius 2 is 1.69 bits per heavy atom. The first-order chi connectivity index (χ1) is 15.3. The monoisotopic (exact) mass is 435 g/mol. The lowest BCUT2D eigenvalue weighted by Gasteiger charge is -2.36. The number of piperidine rings is 1. The van der Waals surface area contributed by atoms with Crippen LogP contribution in [-0.2, 0) is 10.2 Å². The molecule has 3 fully saturated rings. The Kier molecular flexibility index (Phi) is 5.32. The van der Waals surface area contributed by atoms with E-state index in [0.717, 1.165) is 30.2 Å². The summed E-state index contributed by atoms with van der Waals surface area (Å²) >= 11 is 0. The fourth-order valence-electron chi connectivity index (χ4n) is 5.15. The summed E-state index contributed by atoms with van der Waals surface area (Å²) in [7, 11) is 0. The van der Waals surface area contributed by atoms with Gasteiger partial charge in [-0.25, -0.2) is 9.78 Å². The van der Waals surface area contributed by atoms with Crippen LogP contribution in [0.4, 0.5) is 10.6 Å². The molecule has 3 aliphatic rings. The third-order valence-electron chi connectivity index (χ3n) is 7.01. The average molecular weight is 436 g/mol. The zero-order valence-electron chi connectivity index (χ0n) is 19.4. The summed E-state index contributed by atoms with van der Waals surface area (Å²) < 4.78 is 5.48. The molecule has 7 heteroatoms. The number of anilines is 1. The average Bonchev–Trinajstić information content (AvgIpc) is 3.41. The first kappa shape index (κ1) is 21.2. The van der Waals surface area contributed by atoms with E-state index >= 15 is 0 Å². The molecule has 7 nitrogen and oxygen atoms in total. The molecule has 2 aromatic rings. The second kappa shape index (κ2) is 8.03. The molecule has 5 rings (SSSR count). The fourth-order valence-corrected chi connectivity index (χ4v) is 5.15. The van der Waals surface area contributed by atoms with E-state index in [1.807, 2.05) is 27.0 Å². The molecule has 0 atom stereocenters. The van der Waals surface area contributed by atoms with Crippen LogP contribution in [0.3, 0.4) is 0 Å². The molecule has 5 heterocycles. The number of amides is 1. The van der Waals surface area contributed by atoms with Crippen molar-refractivity contribution in [3.8, 4) is 11.3 Å². The molecular weight excluding hydrogens is 402 g/mol. The maximum atomic E-state index is 12.3. The van der Waals surface area contributed by atoms with Crippen LogP contribution in [-0.4, -0.2) is 77.3 Å². The Balaban J connectivity index is 1.20. The summed E-state index contributed by atoms with van der Waals surface area (Å²) in [4.78, 5) is 28.3. The van der Waals surface area contributed by atoms with Gasteiger partial charge in [0, 0.05) is 56.1 Å². The van der Waals surface area contributed by atoms with E-state index in [1.54, 1.807) is 4.90 Å². The second-order valence-electron chi connectivity index (χ2n) is 10.3. The van der Waals surface area contributed by atoms with Gasteiger partial charge in [-0.1, -0.05) is 6.07 Å². The van der Waals surface area contributed by atoms with Gasteiger partial charge in [-0.3, -0.25) is 4.98 Å². The lowest BCUT2D eigenvalue weighted by Crippen LogP contribution is -2.50. The van der Waals surface area contributed by atoms with Crippen LogP contribution in [0.1, 0.15) is 39.2 Å². The lowest BCUT2D eigenvalue weighted by atomic mass is 9.78. The lowest BCUT2D eigenvalue weighted by molar-refractivity contribution is 0.0240. The molecule has 3 aliphatic heterocycles. The first-order valence-corrected chi connectivity index (χ1v) is 11.7. The van der Waals surface area contributed by atoms with Gasteiger partial charge in [0.2, 0.25) is 0 Å². The van der Waals surface area contributed by atoms with Gasteiger partial charge in [0.1, 0.15) is 11.4 Å². The van der Waals surface area contributed by atoms with Crippen LogP contribution in [0.5, 0.6) is 0 Å². The van der Waals surface area contributed by atoms with Crippen molar-refractivity contribution in [3.63, 3.8) is 0 Å². The molecule has 2 bridgehead atoms. The molecule has 0 unspecified atom stereocenters. The number of ether oxygens (including phenoxy) is 1. The van der Waals surface area contributed by atoms with Crippen LogP contribution in [0.25, 0.3) is 11.3 Å². The van der Waals surface area contributed by atoms with Gasteiger partial charge in [-0.05, 0) is 70.5 Å². The number of carbonyl (C=O) groups is 1.